The summed E-state index contributed by atoms with van der Waals surface area (Å²) >= 11 is 1.05. The highest BCUT2D eigenvalue weighted by molar-refractivity contribution is 7.91. The van der Waals surface area contributed by atoms with Crippen molar-refractivity contribution in [1.82, 2.24) is 14.8 Å². The van der Waals surface area contributed by atoms with Gasteiger partial charge in [-0.1, -0.05) is 11.3 Å². The molecular formula is C18H22N4O5S2. The van der Waals surface area contributed by atoms with Crippen molar-refractivity contribution in [2.24, 2.45) is 0 Å². The topological polar surface area (TPSA) is 120 Å². The number of aryl methyl sites for hydroxylation is 1. The van der Waals surface area contributed by atoms with Gasteiger partial charge in [-0.25, -0.2) is 18.2 Å². The number of ether oxygens (including phenoxy) is 1. The number of nitrogens with one attached hydrogen (secondary N) is 1. The predicted octanol–water partition coefficient (Wildman–Crippen LogP) is 2.31. The van der Waals surface area contributed by atoms with E-state index in [-0.39, 0.29) is 29.8 Å². The van der Waals surface area contributed by atoms with Crippen LogP contribution in [-0.2, 0) is 14.6 Å². The van der Waals surface area contributed by atoms with Crippen molar-refractivity contribution in [2.45, 2.75) is 45.1 Å². The van der Waals surface area contributed by atoms with Crippen molar-refractivity contribution in [3.05, 3.63) is 28.0 Å². The molecule has 3 heterocycles. The Balaban J connectivity index is 1.54. The maximum Gasteiger partial charge on any atom is 0.350 e. The Bertz CT molecular complexity index is 1070. The standard InChI is InChI=1S/C18H22N4O5S2/c1-3-27-17(24)15-10(2)19-18(28-15)20-16(23)13-8-14(11-4-5-11)22(21-13)12-6-7-29(25,26)9-12/h8,11-12H,3-7,9H2,1-2H3,(H,19,20,23). The van der Waals surface area contributed by atoms with E-state index in [2.05, 4.69) is 15.4 Å². The average molecular weight is 439 g/mol. The van der Waals surface area contributed by atoms with Crippen LogP contribution in [0, 0.1) is 6.92 Å². The van der Waals surface area contributed by atoms with Gasteiger partial charge in [0.25, 0.3) is 5.91 Å². The summed E-state index contributed by atoms with van der Waals surface area (Å²) in [6.45, 7) is 3.66. The zero-order chi connectivity index (χ0) is 20.8. The summed E-state index contributed by atoms with van der Waals surface area (Å²) in [4.78, 5) is 29.2. The molecule has 2 aromatic heterocycles. The SMILES string of the molecule is CCOC(=O)c1sc(NC(=O)c2cc(C3CC3)n(C3CCS(=O)(=O)C3)n2)nc1C. The highest BCUT2D eigenvalue weighted by atomic mass is 32.2. The van der Waals surface area contributed by atoms with E-state index in [0.717, 1.165) is 29.9 Å². The zero-order valence-electron chi connectivity index (χ0n) is 16.2. The number of thiazole rings is 1. The lowest BCUT2D eigenvalue weighted by Gasteiger charge is -2.12. The van der Waals surface area contributed by atoms with Crippen molar-refractivity contribution in [1.29, 1.82) is 0 Å². The van der Waals surface area contributed by atoms with E-state index in [9.17, 15) is 18.0 Å². The first-order valence-electron chi connectivity index (χ1n) is 9.53. The van der Waals surface area contributed by atoms with Gasteiger partial charge in [0.1, 0.15) is 4.88 Å². The first-order valence-corrected chi connectivity index (χ1v) is 12.2. The lowest BCUT2D eigenvalue weighted by Crippen LogP contribution is -2.17. The van der Waals surface area contributed by atoms with E-state index in [0.29, 0.717) is 28.0 Å². The number of amides is 1. The van der Waals surface area contributed by atoms with Crippen LogP contribution in [0.5, 0.6) is 0 Å². The number of aromatic nitrogens is 3. The van der Waals surface area contributed by atoms with Gasteiger partial charge in [0, 0.05) is 11.6 Å². The van der Waals surface area contributed by atoms with Gasteiger partial charge in [-0.2, -0.15) is 5.10 Å². The first-order chi connectivity index (χ1) is 13.8. The quantitative estimate of drug-likeness (QED) is 0.687. The minimum Gasteiger partial charge on any atom is -0.462 e. The van der Waals surface area contributed by atoms with Gasteiger partial charge < -0.3 is 4.74 Å². The molecule has 1 saturated carbocycles. The van der Waals surface area contributed by atoms with Crippen LogP contribution < -0.4 is 5.32 Å². The number of hydrogen-bond donors (Lipinski definition) is 1. The minimum atomic E-state index is -3.05. The van der Waals surface area contributed by atoms with Gasteiger partial charge in [-0.3, -0.25) is 14.8 Å². The Labute approximate surface area is 172 Å². The van der Waals surface area contributed by atoms with Crippen LogP contribution in [0.1, 0.15) is 69.7 Å². The predicted molar refractivity (Wildman–Crippen MR) is 107 cm³/mol. The number of carbonyl (C=O) groups excluding carboxylic acids is 2. The van der Waals surface area contributed by atoms with Gasteiger partial charge in [-0.15, -0.1) is 0 Å². The average Bonchev–Trinajstić information content (AvgIpc) is 3.13. The fourth-order valence-electron chi connectivity index (χ4n) is 3.46. The number of rotatable bonds is 6. The highest BCUT2D eigenvalue weighted by Gasteiger charge is 2.36. The molecule has 1 unspecified atom stereocenters. The molecule has 11 heteroatoms. The van der Waals surface area contributed by atoms with Gasteiger partial charge in [0.2, 0.25) is 0 Å². The van der Waals surface area contributed by atoms with Crippen molar-refractivity contribution in [3.8, 4) is 0 Å². The van der Waals surface area contributed by atoms with Crippen LogP contribution in [0.4, 0.5) is 5.13 Å². The Hall–Kier alpha value is -2.27. The van der Waals surface area contributed by atoms with Crippen LogP contribution >= 0.6 is 11.3 Å². The summed E-state index contributed by atoms with van der Waals surface area (Å²) in [5.74, 6) is -0.367. The van der Waals surface area contributed by atoms with Crippen LogP contribution in [-0.4, -0.2) is 53.2 Å². The fourth-order valence-corrected chi connectivity index (χ4v) is 6.01. The number of carbonyl (C=O) groups is 2. The second-order valence-electron chi connectivity index (χ2n) is 7.34. The number of esters is 1. The molecule has 1 saturated heterocycles. The maximum absolute atomic E-state index is 12.7. The lowest BCUT2D eigenvalue weighted by atomic mass is 10.2. The third kappa shape index (κ3) is 4.20. The molecule has 1 atom stereocenters. The molecule has 9 nitrogen and oxygen atoms in total. The molecule has 0 radical (unpaired) electrons. The molecule has 1 N–H and O–H groups in total. The number of sulfone groups is 1. The molecule has 156 valence electrons. The molecule has 2 aromatic rings. The molecular weight excluding hydrogens is 416 g/mol. The molecule has 0 bridgehead atoms. The van der Waals surface area contributed by atoms with Crippen molar-refractivity contribution < 1.29 is 22.7 Å². The second-order valence-corrected chi connectivity index (χ2v) is 10.6. The molecule has 4 rings (SSSR count). The third-order valence-corrected chi connectivity index (χ3v) is 7.83. The van der Waals surface area contributed by atoms with E-state index < -0.39 is 21.7 Å². The lowest BCUT2D eigenvalue weighted by molar-refractivity contribution is 0.0531. The normalized spacial score (nSPS) is 20.6. The van der Waals surface area contributed by atoms with Gasteiger partial charge >= 0.3 is 5.97 Å². The molecule has 1 amide bonds. The van der Waals surface area contributed by atoms with Crippen LogP contribution in [0.15, 0.2) is 6.07 Å². The highest BCUT2D eigenvalue weighted by Crippen LogP contribution is 2.42. The Morgan fingerprint density at radius 1 is 1.34 bits per heavy atom. The number of nitrogens with zero attached hydrogens (tertiary/aromatic N) is 3. The molecule has 29 heavy (non-hydrogen) atoms. The minimum absolute atomic E-state index is 0.0596. The molecule has 0 aromatic carbocycles. The first kappa shape index (κ1) is 20.0. The Kier molecular flexibility index (Phi) is 5.19. The van der Waals surface area contributed by atoms with E-state index in [4.69, 9.17) is 4.74 Å². The van der Waals surface area contributed by atoms with Crippen molar-refractivity contribution in [2.75, 3.05) is 23.4 Å². The van der Waals surface area contributed by atoms with E-state index in [1.165, 1.54) is 0 Å². The van der Waals surface area contributed by atoms with Crippen molar-refractivity contribution in [3.63, 3.8) is 0 Å². The van der Waals surface area contributed by atoms with Crippen LogP contribution in [0.3, 0.4) is 0 Å². The second kappa shape index (κ2) is 7.52. The van der Waals surface area contributed by atoms with E-state index in [1.807, 2.05) is 0 Å². The number of hydrogen-bond acceptors (Lipinski definition) is 8. The van der Waals surface area contributed by atoms with Crippen molar-refractivity contribution >= 4 is 38.2 Å². The smallest absolute Gasteiger partial charge is 0.350 e. The van der Waals surface area contributed by atoms with Gasteiger partial charge in [-0.05, 0) is 39.2 Å². The Morgan fingerprint density at radius 3 is 2.72 bits per heavy atom. The van der Waals surface area contributed by atoms with Crippen LogP contribution in [0.2, 0.25) is 0 Å². The van der Waals surface area contributed by atoms with Gasteiger partial charge in [0.05, 0.1) is 29.8 Å². The van der Waals surface area contributed by atoms with E-state index >= 15 is 0 Å². The maximum atomic E-state index is 12.7. The monoisotopic (exact) mass is 438 g/mol. The largest absolute Gasteiger partial charge is 0.462 e. The molecule has 1 aliphatic heterocycles. The summed E-state index contributed by atoms with van der Waals surface area (Å²) in [7, 11) is -3.05. The van der Waals surface area contributed by atoms with E-state index in [1.54, 1.807) is 24.6 Å². The molecule has 2 fully saturated rings. The Morgan fingerprint density at radius 2 is 2.10 bits per heavy atom. The molecule has 2 aliphatic rings. The summed E-state index contributed by atoms with van der Waals surface area (Å²) in [6.07, 6.45) is 2.54. The van der Waals surface area contributed by atoms with Gasteiger partial charge in [0.15, 0.2) is 20.7 Å². The molecule has 1 aliphatic carbocycles. The summed E-state index contributed by atoms with van der Waals surface area (Å²) in [5, 5.41) is 7.42. The summed E-state index contributed by atoms with van der Waals surface area (Å²) in [5.41, 5.74) is 1.63. The molecule has 0 spiro atoms. The summed E-state index contributed by atoms with van der Waals surface area (Å²) in [6, 6.07) is 1.51. The third-order valence-electron chi connectivity index (χ3n) is 5.03. The zero-order valence-corrected chi connectivity index (χ0v) is 17.8. The number of anilines is 1. The summed E-state index contributed by atoms with van der Waals surface area (Å²) < 4.78 is 30.4. The van der Waals surface area contributed by atoms with Crippen LogP contribution in [0.25, 0.3) is 0 Å². The fraction of sp³-hybridized carbons (Fsp3) is 0.556.